The number of nitrogens with one attached hydrogen (secondary N) is 1. The van der Waals surface area contributed by atoms with E-state index in [0.717, 1.165) is 42.8 Å². The number of hydrogen-bond donors (Lipinski definition) is 1. The third-order valence-corrected chi connectivity index (χ3v) is 4.30. The van der Waals surface area contributed by atoms with Crippen molar-refractivity contribution in [1.29, 1.82) is 0 Å². The molecule has 1 aliphatic heterocycles. The molecule has 4 nitrogen and oxygen atoms in total. The van der Waals surface area contributed by atoms with Crippen molar-refractivity contribution in [2.24, 2.45) is 5.41 Å². The van der Waals surface area contributed by atoms with E-state index in [0.29, 0.717) is 0 Å². The lowest BCUT2D eigenvalue weighted by Crippen LogP contribution is -2.43. The highest BCUT2D eigenvalue weighted by Crippen LogP contribution is 2.38. The van der Waals surface area contributed by atoms with Gasteiger partial charge in [0.15, 0.2) is 0 Å². The molecule has 0 spiro atoms. The molecule has 2 rings (SSSR count). The lowest BCUT2D eigenvalue weighted by atomic mass is 9.73. The predicted molar refractivity (Wildman–Crippen MR) is 87.2 cm³/mol. The Morgan fingerprint density at radius 1 is 1.48 bits per heavy atom. The Balaban J connectivity index is 2.31. The molecule has 0 fully saturated rings. The van der Waals surface area contributed by atoms with Crippen molar-refractivity contribution >= 4 is 17.8 Å². The molecular weight excluding hydrogens is 262 g/mol. The van der Waals surface area contributed by atoms with E-state index in [4.69, 9.17) is 0 Å². The molecule has 1 N–H and O–H groups in total. The number of hydrogen-bond acceptors (Lipinski definition) is 3. The Labute approximate surface area is 127 Å². The average molecular weight is 287 g/mol. The summed E-state index contributed by atoms with van der Waals surface area (Å²) in [6, 6.07) is 2.14. The SMILES string of the molecule is C/C=C/c1cnc2c(c1)CC(CC)(CCN(C)C)C(=O)N2. The molecule has 4 heteroatoms. The second-order valence-electron chi connectivity index (χ2n) is 6.09. The fourth-order valence-electron chi connectivity index (χ4n) is 2.85. The maximum absolute atomic E-state index is 12.5. The van der Waals surface area contributed by atoms with Crippen LogP contribution in [-0.2, 0) is 11.2 Å². The van der Waals surface area contributed by atoms with Gasteiger partial charge in [-0.1, -0.05) is 19.1 Å². The lowest BCUT2D eigenvalue weighted by molar-refractivity contribution is -0.127. The van der Waals surface area contributed by atoms with Gasteiger partial charge in [-0.2, -0.15) is 0 Å². The van der Waals surface area contributed by atoms with Gasteiger partial charge in [-0.25, -0.2) is 4.98 Å². The first-order valence-corrected chi connectivity index (χ1v) is 7.58. The van der Waals surface area contributed by atoms with E-state index in [9.17, 15) is 4.79 Å². The third kappa shape index (κ3) is 3.32. The summed E-state index contributed by atoms with van der Waals surface area (Å²) in [6.45, 7) is 5.01. The number of anilines is 1. The minimum absolute atomic E-state index is 0.116. The first kappa shape index (κ1) is 15.7. The summed E-state index contributed by atoms with van der Waals surface area (Å²) in [6.07, 6.45) is 8.34. The number of carbonyl (C=O) groups excluding carboxylic acids is 1. The highest BCUT2D eigenvalue weighted by atomic mass is 16.2. The van der Waals surface area contributed by atoms with E-state index in [1.54, 1.807) is 6.20 Å². The number of nitrogens with zero attached hydrogens (tertiary/aromatic N) is 2. The summed E-state index contributed by atoms with van der Waals surface area (Å²) >= 11 is 0. The smallest absolute Gasteiger partial charge is 0.232 e. The minimum Gasteiger partial charge on any atom is -0.310 e. The van der Waals surface area contributed by atoms with Crippen molar-refractivity contribution in [3.8, 4) is 0 Å². The van der Waals surface area contributed by atoms with Gasteiger partial charge in [-0.3, -0.25) is 4.79 Å². The Morgan fingerprint density at radius 3 is 2.86 bits per heavy atom. The molecule has 1 aromatic rings. The van der Waals surface area contributed by atoms with Crippen molar-refractivity contribution in [2.75, 3.05) is 26.0 Å². The third-order valence-electron chi connectivity index (χ3n) is 4.30. The largest absolute Gasteiger partial charge is 0.310 e. The van der Waals surface area contributed by atoms with E-state index in [-0.39, 0.29) is 11.3 Å². The second-order valence-corrected chi connectivity index (χ2v) is 6.09. The van der Waals surface area contributed by atoms with Crippen LogP contribution in [0.15, 0.2) is 18.3 Å². The van der Waals surface area contributed by atoms with Gasteiger partial charge in [0.05, 0.1) is 5.41 Å². The molecule has 1 aromatic heterocycles. The molecule has 21 heavy (non-hydrogen) atoms. The van der Waals surface area contributed by atoms with Gasteiger partial charge in [0.1, 0.15) is 5.82 Å². The Hall–Kier alpha value is -1.68. The number of allylic oxidation sites excluding steroid dienone is 1. The molecule has 1 atom stereocenters. The molecular formula is C17H25N3O. The van der Waals surface area contributed by atoms with Crippen molar-refractivity contribution in [3.05, 3.63) is 29.5 Å². The Kier molecular flexibility index (Phi) is 4.78. The van der Waals surface area contributed by atoms with Crippen LogP contribution in [0.5, 0.6) is 0 Å². The fraction of sp³-hybridized carbons (Fsp3) is 0.529. The van der Waals surface area contributed by atoms with Crippen molar-refractivity contribution in [3.63, 3.8) is 0 Å². The fourth-order valence-corrected chi connectivity index (χ4v) is 2.85. The zero-order chi connectivity index (χ0) is 15.5. The number of fused-ring (bicyclic) bond motifs is 1. The number of carbonyl (C=O) groups is 1. The zero-order valence-electron chi connectivity index (χ0n) is 13.4. The normalized spacial score (nSPS) is 21.7. The quantitative estimate of drug-likeness (QED) is 0.905. The molecule has 0 saturated carbocycles. The molecule has 0 aliphatic carbocycles. The molecule has 1 unspecified atom stereocenters. The van der Waals surface area contributed by atoms with Gasteiger partial charge in [0.2, 0.25) is 5.91 Å². The van der Waals surface area contributed by atoms with Crippen LogP contribution in [0.25, 0.3) is 6.08 Å². The van der Waals surface area contributed by atoms with Gasteiger partial charge in [0.25, 0.3) is 0 Å². The summed E-state index contributed by atoms with van der Waals surface area (Å²) < 4.78 is 0. The molecule has 0 bridgehead atoms. The van der Waals surface area contributed by atoms with Crippen LogP contribution in [0, 0.1) is 5.41 Å². The van der Waals surface area contributed by atoms with Crippen LogP contribution >= 0.6 is 0 Å². The van der Waals surface area contributed by atoms with E-state index in [2.05, 4.69) is 28.2 Å². The maximum atomic E-state index is 12.5. The standard InChI is InChI=1S/C17H25N3O/c1-5-7-13-10-14-11-17(6-2,8-9-20(3)4)16(21)19-15(14)18-12-13/h5,7,10,12H,6,8-9,11H2,1-4H3,(H,18,19,21)/b7-5+. The average Bonchev–Trinajstić information content (AvgIpc) is 2.46. The number of pyridine rings is 1. The molecule has 0 radical (unpaired) electrons. The van der Waals surface area contributed by atoms with Crippen LogP contribution in [0.3, 0.4) is 0 Å². The molecule has 1 aliphatic rings. The first-order chi connectivity index (χ1) is 10.0. The minimum atomic E-state index is -0.312. The number of rotatable bonds is 5. The number of aromatic nitrogens is 1. The van der Waals surface area contributed by atoms with Crippen LogP contribution in [0.4, 0.5) is 5.82 Å². The molecule has 0 aromatic carbocycles. The zero-order valence-corrected chi connectivity index (χ0v) is 13.4. The van der Waals surface area contributed by atoms with Crippen LogP contribution in [0.1, 0.15) is 37.8 Å². The summed E-state index contributed by atoms with van der Waals surface area (Å²) in [5, 5.41) is 3.00. The summed E-state index contributed by atoms with van der Waals surface area (Å²) in [5.74, 6) is 0.841. The summed E-state index contributed by atoms with van der Waals surface area (Å²) in [7, 11) is 4.09. The van der Waals surface area contributed by atoms with E-state index >= 15 is 0 Å². The van der Waals surface area contributed by atoms with E-state index < -0.39 is 0 Å². The van der Waals surface area contributed by atoms with E-state index in [1.165, 1.54) is 0 Å². The predicted octanol–water partition coefficient (Wildman–Crippen LogP) is 2.96. The lowest BCUT2D eigenvalue weighted by Gasteiger charge is -2.36. The summed E-state index contributed by atoms with van der Waals surface area (Å²) in [4.78, 5) is 19.1. The highest BCUT2D eigenvalue weighted by Gasteiger charge is 2.40. The van der Waals surface area contributed by atoms with Gasteiger partial charge < -0.3 is 10.2 Å². The Bertz CT molecular complexity index is 551. The molecule has 114 valence electrons. The van der Waals surface area contributed by atoms with Crippen LogP contribution in [0.2, 0.25) is 0 Å². The summed E-state index contributed by atoms with van der Waals surface area (Å²) in [5.41, 5.74) is 1.92. The first-order valence-electron chi connectivity index (χ1n) is 7.58. The van der Waals surface area contributed by atoms with Gasteiger partial charge in [0, 0.05) is 6.20 Å². The molecule has 2 heterocycles. The van der Waals surface area contributed by atoms with Gasteiger partial charge in [-0.15, -0.1) is 0 Å². The number of amides is 1. The van der Waals surface area contributed by atoms with E-state index in [1.807, 2.05) is 33.2 Å². The van der Waals surface area contributed by atoms with Gasteiger partial charge in [-0.05, 0) is 64.0 Å². The van der Waals surface area contributed by atoms with Crippen molar-refractivity contribution in [2.45, 2.75) is 33.1 Å². The van der Waals surface area contributed by atoms with Crippen molar-refractivity contribution in [1.82, 2.24) is 9.88 Å². The van der Waals surface area contributed by atoms with Gasteiger partial charge >= 0.3 is 0 Å². The van der Waals surface area contributed by atoms with Crippen LogP contribution in [-0.4, -0.2) is 36.4 Å². The Morgan fingerprint density at radius 2 is 2.24 bits per heavy atom. The van der Waals surface area contributed by atoms with Crippen molar-refractivity contribution < 1.29 is 4.79 Å². The van der Waals surface area contributed by atoms with Crippen LogP contribution < -0.4 is 5.32 Å². The second kappa shape index (κ2) is 6.39. The molecule has 0 saturated heterocycles. The molecule has 1 amide bonds. The highest BCUT2D eigenvalue weighted by molar-refractivity contribution is 5.97. The monoisotopic (exact) mass is 287 g/mol. The maximum Gasteiger partial charge on any atom is 0.232 e. The topological polar surface area (TPSA) is 45.2 Å².